The molecule has 4 aliphatic carbocycles. The number of nitrogens with one attached hydrogen (secondary N) is 2. The van der Waals surface area contributed by atoms with E-state index in [9.17, 15) is 14.7 Å². The van der Waals surface area contributed by atoms with Crippen molar-refractivity contribution in [1.29, 1.82) is 0 Å². The van der Waals surface area contributed by atoms with Crippen LogP contribution in [0.25, 0.3) is 10.9 Å². The summed E-state index contributed by atoms with van der Waals surface area (Å²) in [5.41, 5.74) is 4.33. The highest BCUT2D eigenvalue weighted by atomic mass is 16.5. The molecule has 7 rings (SSSR count). The molecule has 0 saturated heterocycles. The van der Waals surface area contributed by atoms with E-state index in [0.29, 0.717) is 17.5 Å². The van der Waals surface area contributed by atoms with E-state index >= 15 is 0 Å². The number of aromatic nitrogens is 1. The normalized spacial score (nSPS) is 26.7. The van der Waals surface area contributed by atoms with Gasteiger partial charge in [-0.25, -0.2) is 5.48 Å². The smallest absolute Gasteiger partial charge is 0.278 e. The maximum absolute atomic E-state index is 13.0. The molecule has 7 nitrogen and oxygen atoms in total. The third-order valence-corrected chi connectivity index (χ3v) is 8.58. The lowest BCUT2D eigenvalue weighted by Gasteiger charge is -2.56. The van der Waals surface area contributed by atoms with E-state index in [2.05, 4.69) is 5.32 Å². The number of phenols is 1. The zero-order valence-electron chi connectivity index (χ0n) is 19.7. The quantitative estimate of drug-likeness (QED) is 0.313. The molecule has 4 fully saturated rings. The molecule has 35 heavy (non-hydrogen) atoms. The Hall–Kier alpha value is -3.32. The second kappa shape index (κ2) is 8.41. The number of rotatable bonds is 6. The first-order chi connectivity index (χ1) is 16.9. The summed E-state index contributed by atoms with van der Waals surface area (Å²) < 4.78 is 2.03. The summed E-state index contributed by atoms with van der Waals surface area (Å²) in [5, 5.41) is 23.1. The van der Waals surface area contributed by atoms with E-state index in [-0.39, 0.29) is 17.2 Å². The van der Waals surface area contributed by atoms with Crippen molar-refractivity contribution < 1.29 is 19.9 Å². The van der Waals surface area contributed by atoms with Gasteiger partial charge >= 0.3 is 0 Å². The van der Waals surface area contributed by atoms with Gasteiger partial charge in [0.25, 0.3) is 11.8 Å². The Kier molecular flexibility index (Phi) is 5.33. The number of carbonyl (C=O) groups excluding carboxylic acids is 2. The SMILES string of the molecule is O=C(NCC12CC3CC(CC(C3)C1)C2)c1ccc2c(ccn2Cc2ccc(C(=O)NO)c(O)c2)c1. The van der Waals surface area contributed by atoms with Gasteiger partial charge in [0.2, 0.25) is 0 Å². The van der Waals surface area contributed by atoms with Crippen LogP contribution in [-0.2, 0) is 6.54 Å². The summed E-state index contributed by atoms with van der Waals surface area (Å²) in [6.45, 7) is 1.29. The summed E-state index contributed by atoms with van der Waals surface area (Å²) >= 11 is 0. The van der Waals surface area contributed by atoms with Gasteiger partial charge in [-0.2, -0.15) is 0 Å². The molecule has 0 unspecified atom stereocenters. The molecule has 2 amide bonds. The van der Waals surface area contributed by atoms with Gasteiger partial charge < -0.3 is 15.0 Å². The molecule has 3 aromatic rings. The van der Waals surface area contributed by atoms with Crippen LogP contribution in [0.5, 0.6) is 5.75 Å². The third kappa shape index (κ3) is 4.08. The van der Waals surface area contributed by atoms with Gasteiger partial charge in [-0.05, 0) is 104 Å². The van der Waals surface area contributed by atoms with E-state index < -0.39 is 5.91 Å². The standard InChI is InChI=1S/C28H31N3O4/c32-25-10-17(1-3-23(25)27(34)30-35)15-31-6-5-21-11-22(2-4-24(21)31)26(33)29-16-28-12-18-7-19(13-28)9-20(8-18)14-28/h1-6,10-11,18-20,32,35H,7-9,12-16H2,(H,29,33)(H,30,34). The van der Waals surface area contributed by atoms with Crippen molar-refractivity contribution in [2.75, 3.05) is 6.54 Å². The predicted molar refractivity (Wildman–Crippen MR) is 131 cm³/mol. The Labute approximate surface area is 204 Å². The highest BCUT2D eigenvalue weighted by Gasteiger charge is 2.50. The fraction of sp³-hybridized carbons (Fsp3) is 0.429. The predicted octanol–water partition coefficient (Wildman–Crippen LogP) is 4.46. The van der Waals surface area contributed by atoms with Gasteiger partial charge in [-0.15, -0.1) is 0 Å². The molecular weight excluding hydrogens is 442 g/mol. The number of carbonyl (C=O) groups is 2. The minimum absolute atomic E-state index is 0.00179. The van der Waals surface area contributed by atoms with Crippen LogP contribution in [0.3, 0.4) is 0 Å². The van der Waals surface area contributed by atoms with Crippen LogP contribution in [-0.4, -0.2) is 33.2 Å². The van der Waals surface area contributed by atoms with Crippen molar-refractivity contribution in [3.63, 3.8) is 0 Å². The maximum Gasteiger partial charge on any atom is 0.278 e. The molecule has 0 aliphatic heterocycles. The van der Waals surface area contributed by atoms with Crippen LogP contribution in [0, 0.1) is 23.2 Å². The molecule has 4 saturated carbocycles. The number of amides is 2. The van der Waals surface area contributed by atoms with Crippen LogP contribution < -0.4 is 10.8 Å². The van der Waals surface area contributed by atoms with Crippen LogP contribution in [0.4, 0.5) is 0 Å². The van der Waals surface area contributed by atoms with Crippen molar-refractivity contribution >= 4 is 22.7 Å². The third-order valence-electron chi connectivity index (χ3n) is 8.58. The Morgan fingerprint density at radius 2 is 1.66 bits per heavy atom. The molecule has 4 bridgehead atoms. The maximum atomic E-state index is 13.0. The number of nitrogens with zero attached hydrogens (tertiary/aromatic N) is 1. The van der Waals surface area contributed by atoms with Gasteiger partial charge in [-0.1, -0.05) is 6.07 Å². The van der Waals surface area contributed by atoms with Gasteiger partial charge in [0.05, 0.1) is 5.56 Å². The lowest BCUT2D eigenvalue weighted by Crippen LogP contribution is -2.51. The van der Waals surface area contributed by atoms with Crippen molar-refractivity contribution in [3.8, 4) is 5.75 Å². The van der Waals surface area contributed by atoms with Gasteiger partial charge in [-0.3, -0.25) is 14.8 Å². The first kappa shape index (κ1) is 22.2. The van der Waals surface area contributed by atoms with Gasteiger partial charge in [0.1, 0.15) is 5.75 Å². The summed E-state index contributed by atoms with van der Waals surface area (Å²) in [6, 6.07) is 12.5. The minimum atomic E-state index is -0.755. The second-order valence-electron chi connectivity index (χ2n) is 11.1. The summed E-state index contributed by atoms with van der Waals surface area (Å²) in [6.07, 6.45) is 10.0. The Morgan fingerprint density at radius 1 is 0.943 bits per heavy atom. The zero-order valence-corrected chi connectivity index (χ0v) is 19.7. The largest absolute Gasteiger partial charge is 0.507 e. The lowest BCUT2D eigenvalue weighted by molar-refractivity contribution is -0.0503. The summed E-state index contributed by atoms with van der Waals surface area (Å²) in [4.78, 5) is 24.6. The fourth-order valence-corrected chi connectivity index (χ4v) is 7.48. The zero-order chi connectivity index (χ0) is 24.2. The molecule has 4 aliphatic rings. The average Bonchev–Trinajstić information content (AvgIpc) is 3.23. The van der Waals surface area contributed by atoms with Crippen LogP contribution in [0.15, 0.2) is 48.7 Å². The molecule has 0 radical (unpaired) electrons. The molecule has 0 spiro atoms. The van der Waals surface area contributed by atoms with Crippen LogP contribution in [0.1, 0.15) is 64.8 Å². The number of aromatic hydroxyl groups is 1. The van der Waals surface area contributed by atoms with E-state index in [0.717, 1.165) is 40.8 Å². The van der Waals surface area contributed by atoms with Crippen LogP contribution >= 0.6 is 0 Å². The number of fused-ring (bicyclic) bond motifs is 1. The summed E-state index contributed by atoms with van der Waals surface area (Å²) in [5.74, 6) is 1.67. The molecule has 1 aromatic heterocycles. The highest BCUT2D eigenvalue weighted by Crippen LogP contribution is 2.59. The van der Waals surface area contributed by atoms with E-state index in [1.807, 2.05) is 35.0 Å². The van der Waals surface area contributed by atoms with Crippen molar-refractivity contribution in [2.24, 2.45) is 23.2 Å². The molecule has 0 atom stereocenters. The Balaban J connectivity index is 1.14. The number of hydrogen-bond donors (Lipinski definition) is 4. The first-order valence-electron chi connectivity index (χ1n) is 12.5. The first-order valence-corrected chi connectivity index (χ1v) is 12.5. The van der Waals surface area contributed by atoms with Crippen molar-refractivity contribution in [1.82, 2.24) is 15.4 Å². The average molecular weight is 474 g/mol. The second-order valence-corrected chi connectivity index (χ2v) is 11.1. The molecule has 1 heterocycles. The number of benzene rings is 2. The monoisotopic (exact) mass is 473 g/mol. The number of phenolic OH excluding ortho intramolecular Hbond substituents is 1. The summed E-state index contributed by atoms with van der Waals surface area (Å²) in [7, 11) is 0. The lowest BCUT2D eigenvalue weighted by atomic mass is 9.49. The fourth-order valence-electron chi connectivity index (χ4n) is 7.48. The van der Waals surface area contributed by atoms with E-state index in [1.54, 1.807) is 6.07 Å². The molecule has 182 valence electrons. The number of hydrogen-bond acceptors (Lipinski definition) is 4. The van der Waals surface area contributed by atoms with Crippen molar-refractivity contribution in [2.45, 2.75) is 45.1 Å². The molecule has 7 heteroatoms. The molecule has 2 aromatic carbocycles. The number of hydroxylamine groups is 1. The molecule has 4 N–H and O–H groups in total. The highest BCUT2D eigenvalue weighted by molar-refractivity contribution is 5.98. The minimum Gasteiger partial charge on any atom is -0.507 e. The van der Waals surface area contributed by atoms with E-state index in [1.165, 1.54) is 56.1 Å². The van der Waals surface area contributed by atoms with Gasteiger partial charge in [0, 0.05) is 35.8 Å². The van der Waals surface area contributed by atoms with E-state index in [4.69, 9.17) is 5.21 Å². The van der Waals surface area contributed by atoms with Gasteiger partial charge in [0.15, 0.2) is 0 Å². The Morgan fingerprint density at radius 3 is 2.31 bits per heavy atom. The topological polar surface area (TPSA) is 104 Å². The van der Waals surface area contributed by atoms with Crippen molar-refractivity contribution in [3.05, 3.63) is 65.4 Å². The molecular formula is C28H31N3O4. The van der Waals surface area contributed by atoms with Crippen LogP contribution in [0.2, 0.25) is 0 Å². The Bertz CT molecular complexity index is 1280.